The van der Waals surface area contributed by atoms with Gasteiger partial charge in [-0.05, 0) is 44.3 Å². The average Bonchev–Trinajstić information content (AvgIpc) is 3.25. The van der Waals surface area contributed by atoms with Crippen molar-refractivity contribution in [1.82, 2.24) is 15.1 Å². The van der Waals surface area contributed by atoms with Crippen molar-refractivity contribution in [2.75, 3.05) is 26.2 Å². The number of hydrogen-bond donors (Lipinski definition) is 1. The van der Waals surface area contributed by atoms with Gasteiger partial charge in [0.1, 0.15) is 0 Å². The van der Waals surface area contributed by atoms with E-state index in [1.54, 1.807) is 0 Å². The number of carbonyl (C=O) groups excluding carboxylic acids is 1. The zero-order valence-corrected chi connectivity index (χ0v) is 14.9. The van der Waals surface area contributed by atoms with Gasteiger partial charge in [-0.15, -0.1) is 0 Å². The molecule has 25 heavy (non-hydrogen) atoms. The van der Waals surface area contributed by atoms with Gasteiger partial charge in [-0.25, -0.2) is 0 Å². The van der Waals surface area contributed by atoms with Gasteiger partial charge in [0.05, 0.1) is 19.0 Å². The lowest BCUT2D eigenvalue weighted by atomic mass is 10.0. The van der Waals surface area contributed by atoms with Gasteiger partial charge in [0.2, 0.25) is 5.91 Å². The summed E-state index contributed by atoms with van der Waals surface area (Å²) in [4.78, 5) is 17.1. The predicted molar refractivity (Wildman–Crippen MR) is 97.7 cm³/mol. The van der Waals surface area contributed by atoms with Crippen molar-refractivity contribution in [3.05, 3.63) is 35.9 Å². The van der Waals surface area contributed by atoms with Crippen molar-refractivity contribution in [3.8, 4) is 6.07 Å². The molecule has 0 radical (unpaired) electrons. The molecule has 0 unspecified atom stereocenters. The zero-order chi connectivity index (χ0) is 17.5. The van der Waals surface area contributed by atoms with Gasteiger partial charge in [-0.2, -0.15) is 5.26 Å². The van der Waals surface area contributed by atoms with Crippen molar-refractivity contribution < 1.29 is 4.79 Å². The van der Waals surface area contributed by atoms with Crippen molar-refractivity contribution in [1.29, 1.82) is 5.26 Å². The quantitative estimate of drug-likeness (QED) is 0.773. The maximum atomic E-state index is 12.1. The summed E-state index contributed by atoms with van der Waals surface area (Å²) in [6.45, 7) is 4.08. The monoisotopic (exact) mass is 340 g/mol. The molecule has 2 heterocycles. The highest BCUT2D eigenvalue weighted by molar-refractivity contribution is 5.78. The minimum atomic E-state index is 0.0507. The Hall–Kier alpha value is -1.90. The van der Waals surface area contributed by atoms with Crippen LogP contribution in [0.3, 0.4) is 0 Å². The minimum Gasteiger partial charge on any atom is -0.354 e. The fourth-order valence-corrected chi connectivity index (χ4v) is 4.28. The van der Waals surface area contributed by atoms with Crippen LogP contribution in [0.4, 0.5) is 0 Å². The van der Waals surface area contributed by atoms with E-state index in [0.29, 0.717) is 31.6 Å². The predicted octanol–water partition coefficient (Wildman–Crippen LogP) is 2.15. The summed E-state index contributed by atoms with van der Waals surface area (Å²) in [6, 6.07) is 13.8. The number of likely N-dealkylation sites (tertiary alicyclic amines) is 2. The maximum Gasteiger partial charge on any atom is 0.234 e. The zero-order valence-electron chi connectivity index (χ0n) is 14.9. The van der Waals surface area contributed by atoms with Crippen LogP contribution in [0, 0.1) is 11.3 Å². The third-order valence-electron chi connectivity index (χ3n) is 5.41. The topological polar surface area (TPSA) is 59.4 Å². The molecule has 3 rings (SSSR count). The van der Waals surface area contributed by atoms with Crippen LogP contribution < -0.4 is 5.32 Å². The molecule has 5 nitrogen and oxygen atoms in total. The normalized spacial score (nSPS) is 24.3. The highest BCUT2D eigenvalue weighted by atomic mass is 16.2. The fourth-order valence-electron chi connectivity index (χ4n) is 4.28. The second kappa shape index (κ2) is 8.98. The van der Waals surface area contributed by atoms with E-state index >= 15 is 0 Å². The van der Waals surface area contributed by atoms with E-state index in [9.17, 15) is 4.79 Å². The van der Waals surface area contributed by atoms with Crippen molar-refractivity contribution >= 4 is 5.91 Å². The molecule has 2 atom stereocenters. The van der Waals surface area contributed by atoms with Gasteiger partial charge in [0, 0.05) is 25.2 Å². The van der Waals surface area contributed by atoms with Crippen LogP contribution in [-0.2, 0) is 11.3 Å². The molecule has 2 fully saturated rings. The van der Waals surface area contributed by atoms with Crippen LogP contribution in [0.15, 0.2) is 30.3 Å². The van der Waals surface area contributed by atoms with Crippen LogP contribution >= 0.6 is 0 Å². The molecule has 2 aliphatic rings. The molecular formula is C20H28N4O. The van der Waals surface area contributed by atoms with Gasteiger partial charge in [0.15, 0.2) is 0 Å². The van der Waals surface area contributed by atoms with Crippen LogP contribution in [0.5, 0.6) is 0 Å². The van der Waals surface area contributed by atoms with Crippen LogP contribution in [0.1, 0.15) is 37.7 Å². The Bertz CT molecular complexity index is 597. The Morgan fingerprint density at radius 1 is 1.12 bits per heavy atom. The van der Waals surface area contributed by atoms with Gasteiger partial charge in [-0.1, -0.05) is 30.3 Å². The molecule has 0 bridgehead atoms. The van der Waals surface area contributed by atoms with E-state index < -0.39 is 0 Å². The Morgan fingerprint density at radius 2 is 1.80 bits per heavy atom. The minimum absolute atomic E-state index is 0.0507. The molecule has 0 aliphatic carbocycles. The Kier molecular flexibility index (Phi) is 6.43. The third kappa shape index (κ3) is 4.81. The summed E-state index contributed by atoms with van der Waals surface area (Å²) in [5.74, 6) is 0.0507. The Morgan fingerprint density at radius 3 is 2.52 bits per heavy atom. The number of nitrogens with zero attached hydrogens (tertiary/aromatic N) is 3. The van der Waals surface area contributed by atoms with Crippen molar-refractivity contribution in [2.45, 2.75) is 50.7 Å². The number of nitrogens with one attached hydrogen (secondary N) is 1. The first kappa shape index (κ1) is 17.9. The molecule has 1 amide bonds. The number of carbonyl (C=O) groups is 1. The van der Waals surface area contributed by atoms with Crippen LogP contribution in [-0.4, -0.2) is 54.0 Å². The van der Waals surface area contributed by atoms with E-state index in [0.717, 1.165) is 19.6 Å². The lowest BCUT2D eigenvalue weighted by molar-refractivity contribution is -0.122. The highest BCUT2D eigenvalue weighted by Gasteiger charge is 2.38. The van der Waals surface area contributed by atoms with E-state index in [2.05, 4.69) is 51.5 Å². The van der Waals surface area contributed by atoms with E-state index in [-0.39, 0.29) is 5.91 Å². The molecule has 134 valence electrons. The fraction of sp³-hybridized carbons (Fsp3) is 0.600. The van der Waals surface area contributed by atoms with E-state index in [1.165, 1.54) is 31.2 Å². The van der Waals surface area contributed by atoms with Gasteiger partial charge in [-0.3, -0.25) is 14.6 Å². The molecule has 5 heteroatoms. The number of amides is 1. The average molecular weight is 340 g/mol. The van der Waals surface area contributed by atoms with Crippen molar-refractivity contribution in [2.24, 2.45) is 0 Å². The Labute approximate surface area is 150 Å². The standard InChI is InChI=1S/C20H28N4O/c21-11-6-12-22-20(25)16-24-14-5-10-19(24)18-9-4-13-23(18)15-17-7-2-1-3-8-17/h1-3,7-8,18-19H,4-6,9-10,12-16H2,(H,22,25)/t18-,19+/m1/s1. The van der Waals surface area contributed by atoms with Crippen molar-refractivity contribution in [3.63, 3.8) is 0 Å². The van der Waals surface area contributed by atoms with Gasteiger partial charge in [0.25, 0.3) is 0 Å². The number of rotatable bonds is 7. The number of nitriles is 1. The summed E-state index contributed by atoms with van der Waals surface area (Å²) >= 11 is 0. The molecule has 2 saturated heterocycles. The molecule has 0 saturated carbocycles. The van der Waals surface area contributed by atoms with Gasteiger partial charge >= 0.3 is 0 Å². The van der Waals surface area contributed by atoms with Gasteiger partial charge < -0.3 is 5.32 Å². The highest BCUT2D eigenvalue weighted by Crippen LogP contribution is 2.30. The SMILES string of the molecule is N#CCCNC(=O)CN1CCC[C@H]1[C@H]1CCCN1Cc1ccccc1. The van der Waals surface area contributed by atoms with E-state index in [1.807, 2.05) is 0 Å². The molecular weight excluding hydrogens is 312 g/mol. The summed E-state index contributed by atoms with van der Waals surface area (Å²) in [6.07, 6.45) is 5.20. The third-order valence-corrected chi connectivity index (χ3v) is 5.41. The molecule has 1 aromatic rings. The summed E-state index contributed by atoms with van der Waals surface area (Å²) < 4.78 is 0. The number of hydrogen-bond acceptors (Lipinski definition) is 4. The van der Waals surface area contributed by atoms with E-state index in [4.69, 9.17) is 5.26 Å². The second-order valence-electron chi connectivity index (χ2n) is 7.10. The molecule has 1 N–H and O–H groups in total. The molecule has 1 aromatic carbocycles. The first-order chi connectivity index (χ1) is 12.3. The first-order valence-electron chi connectivity index (χ1n) is 9.43. The smallest absolute Gasteiger partial charge is 0.234 e. The first-order valence-corrected chi connectivity index (χ1v) is 9.43. The Balaban J connectivity index is 1.57. The van der Waals surface area contributed by atoms with Crippen LogP contribution in [0.2, 0.25) is 0 Å². The lowest BCUT2D eigenvalue weighted by Crippen LogP contribution is -2.48. The maximum absolute atomic E-state index is 12.1. The largest absolute Gasteiger partial charge is 0.354 e. The number of benzene rings is 1. The lowest BCUT2D eigenvalue weighted by Gasteiger charge is -2.34. The second-order valence-corrected chi connectivity index (χ2v) is 7.10. The molecule has 0 aromatic heterocycles. The summed E-state index contributed by atoms with van der Waals surface area (Å²) in [5.41, 5.74) is 1.37. The molecule has 2 aliphatic heterocycles. The summed E-state index contributed by atoms with van der Waals surface area (Å²) in [5, 5.41) is 11.4. The summed E-state index contributed by atoms with van der Waals surface area (Å²) in [7, 11) is 0. The molecule has 0 spiro atoms. The van der Waals surface area contributed by atoms with Crippen LogP contribution in [0.25, 0.3) is 0 Å².